The Kier molecular flexibility index (Phi) is 3.47. The Hall–Kier alpha value is -1.09. The zero-order valence-corrected chi connectivity index (χ0v) is 9.47. The van der Waals surface area contributed by atoms with Crippen molar-refractivity contribution < 1.29 is 4.79 Å². The van der Waals surface area contributed by atoms with Crippen molar-refractivity contribution in [1.29, 1.82) is 0 Å². The Morgan fingerprint density at radius 1 is 1.43 bits per heavy atom. The van der Waals surface area contributed by atoms with Gasteiger partial charge in [-0.15, -0.1) is 6.58 Å². The summed E-state index contributed by atoms with van der Waals surface area (Å²) < 4.78 is 0.838. The minimum absolute atomic E-state index is 0.426. The maximum atomic E-state index is 11.0. The van der Waals surface area contributed by atoms with Gasteiger partial charge in [-0.1, -0.05) is 28.9 Å². The lowest BCUT2D eigenvalue weighted by molar-refractivity contribution is 0.1000. The lowest BCUT2D eigenvalue weighted by atomic mass is 9.99. The molecule has 0 bridgehead atoms. The summed E-state index contributed by atoms with van der Waals surface area (Å²) in [6.45, 7) is 5.60. The zero-order valence-electron chi connectivity index (χ0n) is 7.88. The monoisotopic (exact) mass is 252 g/mol. The van der Waals surface area contributed by atoms with Crippen LogP contribution in [0, 0.1) is 5.92 Å². The molecule has 0 aromatic heterocycles. The molecule has 0 spiro atoms. The predicted molar refractivity (Wildman–Crippen MR) is 60.9 cm³/mol. The van der Waals surface area contributed by atoms with E-state index in [0.717, 1.165) is 16.0 Å². The summed E-state index contributed by atoms with van der Waals surface area (Å²) in [6.07, 6.45) is 1.74. The molecule has 0 unspecified atom stereocenters. The summed E-state index contributed by atoms with van der Waals surface area (Å²) in [5.74, 6) is 0.582. The van der Waals surface area contributed by atoms with Gasteiger partial charge in [0, 0.05) is 16.0 Å². The molecule has 0 atom stereocenters. The molecule has 0 aliphatic rings. The van der Waals surface area contributed by atoms with Gasteiger partial charge in [0.05, 0.1) is 0 Å². The van der Waals surface area contributed by atoms with Crippen LogP contribution in [-0.2, 0) is 0 Å². The number of hydrogen-bond acceptors (Lipinski definition) is 1. The summed E-state index contributed by atoms with van der Waals surface area (Å²) >= 11 is 3.32. The van der Waals surface area contributed by atoms with Crippen molar-refractivity contribution in [3.63, 3.8) is 0 Å². The largest absolute Gasteiger partial charge is 0.366 e. The predicted octanol–water partition coefficient (Wildman–Crippen LogP) is 2.68. The van der Waals surface area contributed by atoms with Gasteiger partial charge in [0.15, 0.2) is 0 Å². The molecule has 1 rings (SSSR count). The fourth-order valence-electron chi connectivity index (χ4n) is 1.08. The van der Waals surface area contributed by atoms with E-state index in [1.54, 1.807) is 18.2 Å². The van der Waals surface area contributed by atoms with Crippen LogP contribution >= 0.6 is 15.9 Å². The molecule has 0 fully saturated rings. The number of hydrogen-bond donors (Lipinski definition) is 1. The third-order valence-corrected chi connectivity index (χ3v) is 2.40. The van der Waals surface area contributed by atoms with Gasteiger partial charge in [-0.2, -0.15) is 0 Å². The van der Waals surface area contributed by atoms with Gasteiger partial charge < -0.3 is 5.73 Å². The normalized spacial score (nSPS) is 10.2. The van der Waals surface area contributed by atoms with E-state index >= 15 is 0 Å². The number of nitrogens with two attached hydrogens (primary N) is 1. The van der Waals surface area contributed by atoms with E-state index in [2.05, 4.69) is 22.5 Å². The number of carbonyl (C=O) groups excluding carboxylic acids is 1. The highest BCUT2D eigenvalue weighted by molar-refractivity contribution is 9.10. The van der Waals surface area contributed by atoms with Crippen molar-refractivity contribution in [2.45, 2.75) is 6.92 Å². The first-order chi connectivity index (χ1) is 6.54. The highest BCUT2D eigenvalue weighted by Crippen LogP contribution is 2.22. The lowest BCUT2D eigenvalue weighted by Crippen LogP contribution is -2.11. The summed E-state index contributed by atoms with van der Waals surface area (Å²) in [5.41, 5.74) is 6.64. The fraction of sp³-hybridized carbons (Fsp3) is 0.0909. The molecule has 0 saturated carbocycles. The van der Waals surface area contributed by atoms with Crippen LogP contribution < -0.4 is 5.73 Å². The van der Waals surface area contributed by atoms with Crippen LogP contribution in [0.3, 0.4) is 0 Å². The van der Waals surface area contributed by atoms with E-state index in [9.17, 15) is 4.79 Å². The maximum absolute atomic E-state index is 11.0. The Balaban J connectivity index is 3.19. The lowest BCUT2D eigenvalue weighted by Gasteiger charge is -2.07. The van der Waals surface area contributed by atoms with E-state index < -0.39 is 5.91 Å². The molecule has 0 heterocycles. The molecule has 0 aliphatic carbocycles. The van der Waals surface area contributed by atoms with Crippen LogP contribution in [-0.4, -0.2) is 5.91 Å². The number of rotatable bonds is 3. The summed E-state index contributed by atoms with van der Waals surface area (Å²) in [5, 5.41) is 0. The smallest absolute Gasteiger partial charge is 0.248 e. The average molecular weight is 253 g/mol. The second kappa shape index (κ2) is 4.42. The average Bonchev–Trinajstić information content (AvgIpc) is 2.15. The van der Waals surface area contributed by atoms with Gasteiger partial charge in [0.2, 0.25) is 5.91 Å². The van der Waals surface area contributed by atoms with Crippen molar-refractivity contribution >= 4 is 21.8 Å². The van der Waals surface area contributed by atoms with Crippen LogP contribution in [0.4, 0.5) is 0 Å². The van der Waals surface area contributed by atoms with Gasteiger partial charge in [0.1, 0.15) is 0 Å². The van der Waals surface area contributed by atoms with Gasteiger partial charge in [-0.05, 0) is 23.8 Å². The van der Waals surface area contributed by atoms with Crippen LogP contribution in [0.15, 0.2) is 35.3 Å². The van der Waals surface area contributed by atoms with Crippen molar-refractivity contribution in [1.82, 2.24) is 0 Å². The molecule has 73 valence electrons. The highest BCUT2D eigenvalue weighted by Gasteiger charge is 2.07. The summed E-state index contributed by atoms with van der Waals surface area (Å²) in [7, 11) is 0. The summed E-state index contributed by atoms with van der Waals surface area (Å²) in [4.78, 5) is 11.0. The quantitative estimate of drug-likeness (QED) is 0.884. The molecule has 1 amide bonds. The maximum Gasteiger partial charge on any atom is 0.248 e. The number of allylic oxidation sites excluding steroid dienone is 1. The van der Waals surface area contributed by atoms with Crippen molar-refractivity contribution in [3.8, 4) is 0 Å². The van der Waals surface area contributed by atoms with E-state index in [1.165, 1.54) is 0 Å². The number of amides is 1. The molecule has 2 nitrogen and oxygen atoms in total. The van der Waals surface area contributed by atoms with Crippen molar-refractivity contribution in [2.75, 3.05) is 0 Å². The van der Waals surface area contributed by atoms with Gasteiger partial charge in [-0.25, -0.2) is 0 Å². The third kappa shape index (κ3) is 2.45. The standard InChI is InChI=1S/C11H11BrNO/c1-3-7(2)8-4-9(11(13)14)6-10(12)5-8/h3-6H,1H2,2H3,(H2,13,14). The molecule has 0 aliphatic heterocycles. The van der Waals surface area contributed by atoms with Gasteiger partial charge in [0.25, 0.3) is 0 Å². The van der Waals surface area contributed by atoms with E-state index in [1.807, 2.05) is 13.0 Å². The number of benzene rings is 1. The number of halogens is 1. The first kappa shape index (κ1) is 11.0. The Bertz CT molecular complexity index is 374. The summed E-state index contributed by atoms with van der Waals surface area (Å²) in [6, 6.07) is 5.37. The second-order valence-corrected chi connectivity index (χ2v) is 3.90. The minimum Gasteiger partial charge on any atom is -0.366 e. The van der Waals surface area contributed by atoms with E-state index in [4.69, 9.17) is 5.73 Å². The minimum atomic E-state index is -0.426. The van der Waals surface area contributed by atoms with Gasteiger partial charge in [-0.3, -0.25) is 4.79 Å². The second-order valence-electron chi connectivity index (χ2n) is 2.98. The third-order valence-electron chi connectivity index (χ3n) is 1.94. The molecule has 2 N–H and O–H groups in total. The van der Waals surface area contributed by atoms with Crippen LogP contribution in [0.1, 0.15) is 22.8 Å². The molecule has 1 aromatic carbocycles. The molecular formula is C11H11BrNO. The Labute approximate surface area is 91.9 Å². The highest BCUT2D eigenvalue weighted by atomic mass is 79.9. The SMILES string of the molecule is C=C[C](C)c1cc(Br)cc(C(N)=O)c1. The first-order valence-electron chi connectivity index (χ1n) is 4.11. The van der Waals surface area contributed by atoms with Crippen LogP contribution in [0.25, 0.3) is 0 Å². The van der Waals surface area contributed by atoms with Crippen molar-refractivity contribution in [2.24, 2.45) is 5.73 Å². The number of primary amides is 1. The van der Waals surface area contributed by atoms with Gasteiger partial charge >= 0.3 is 0 Å². The molecule has 1 aromatic rings. The Morgan fingerprint density at radius 3 is 2.50 bits per heavy atom. The Morgan fingerprint density at radius 2 is 2.00 bits per heavy atom. The van der Waals surface area contributed by atoms with Crippen molar-refractivity contribution in [3.05, 3.63) is 52.4 Å². The van der Waals surface area contributed by atoms with E-state index in [-0.39, 0.29) is 0 Å². The molecule has 14 heavy (non-hydrogen) atoms. The molecule has 1 radical (unpaired) electrons. The molecular weight excluding hydrogens is 242 g/mol. The topological polar surface area (TPSA) is 43.1 Å². The first-order valence-corrected chi connectivity index (χ1v) is 4.90. The van der Waals surface area contributed by atoms with E-state index in [0.29, 0.717) is 5.56 Å². The number of carbonyl (C=O) groups is 1. The fourth-order valence-corrected chi connectivity index (χ4v) is 1.57. The van der Waals surface area contributed by atoms with Crippen LogP contribution in [0.5, 0.6) is 0 Å². The molecule has 0 saturated heterocycles. The van der Waals surface area contributed by atoms with Crippen LogP contribution in [0.2, 0.25) is 0 Å². The molecule has 3 heteroatoms. The zero-order chi connectivity index (χ0) is 10.7.